The second-order valence-electron chi connectivity index (χ2n) is 6.20. The zero-order valence-corrected chi connectivity index (χ0v) is 14.9. The molecule has 0 aliphatic carbocycles. The number of rotatable bonds is 3. The van der Waals surface area contributed by atoms with Gasteiger partial charge >= 0.3 is 5.97 Å². The first kappa shape index (κ1) is 17.7. The number of hydrogen-bond donors (Lipinski definition) is 3. The van der Waals surface area contributed by atoms with Crippen molar-refractivity contribution in [3.05, 3.63) is 44.1 Å². The minimum absolute atomic E-state index is 0.0274. The van der Waals surface area contributed by atoms with Gasteiger partial charge in [0.05, 0.1) is 24.4 Å². The number of esters is 1. The summed E-state index contributed by atoms with van der Waals surface area (Å²) in [6.07, 6.45) is 0.396. The highest BCUT2D eigenvalue weighted by molar-refractivity contribution is 6.00. The predicted octanol–water partition coefficient (Wildman–Crippen LogP) is 0.672. The quantitative estimate of drug-likeness (QED) is 0.690. The summed E-state index contributed by atoms with van der Waals surface area (Å²) in [5.41, 5.74) is 8.23. The van der Waals surface area contributed by atoms with Crippen molar-refractivity contribution < 1.29 is 14.3 Å². The highest BCUT2D eigenvalue weighted by Gasteiger charge is 2.29. The smallest absolute Gasteiger partial charge is 0.340 e. The van der Waals surface area contributed by atoms with Gasteiger partial charge in [0.1, 0.15) is 5.69 Å². The Kier molecular flexibility index (Phi) is 4.54. The van der Waals surface area contributed by atoms with E-state index in [4.69, 9.17) is 10.5 Å². The van der Waals surface area contributed by atoms with E-state index in [1.165, 1.54) is 0 Å². The molecule has 0 saturated heterocycles. The van der Waals surface area contributed by atoms with Gasteiger partial charge in [0.15, 0.2) is 0 Å². The number of nitrogens with two attached hydrogens (primary N) is 1. The van der Waals surface area contributed by atoms with E-state index < -0.39 is 5.97 Å². The fraction of sp³-hybridized carbons (Fsp3) is 0.412. The van der Waals surface area contributed by atoms with Gasteiger partial charge in [0.25, 0.3) is 11.5 Å². The highest BCUT2D eigenvalue weighted by Crippen LogP contribution is 2.23. The van der Waals surface area contributed by atoms with Crippen LogP contribution in [-0.2, 0) is 17.7 Å². The third-order valence-corrected chi connectivity index (χ3v) is 4.51. The van der Waals surface area contributed by atoms with Gasteiger partial charge in [-0.05, 0) is 32.8 Å². The predicted molar refractivity (Wildman–Crippen MR) is 93.9 cm³/mol. The van der Waals surface area contributed by atoms with E-state index in [1.54, 1.807) is 25.7 Å². The number of anilines is 1. The molecule has 3 rings (SSSR count). The van der Waals surface area contributed by atoms with E-state index in [2.05, 4.69) is 15.0 Å². The Hall–Kier alpha value is -3.10. The molecule has 0 unspecified atom stereocenters. The molecule has 1 amide bonds. The van der Waals surface area contributed by atoms with Gasteiger partial charge in [-0.3, -0.25) is 14.6 Å². The van der Waals surface area contributed by atoms with E-state index in [0.717, 1.165) is 0 Å². The lowest BCUT2D eigenvalue weighted by molar-refractivity contribution is 0.0525. The number of ether oxygens (including phenoxy) is 1. The Morgan fingerprint density at radius 3 is 2.73 bits per heavy atom. The minimum Gasteiger partial charge on any atom is -0.462 e. The lowest BCUT2D eigenvalue weighted by Gasteiger charge is -2.27. The summed E-state index contributed by atoms with van der Waals surface area (Å²) in [7, 11) is 0. The maximum Gasteiger partial charge on any atom is 0.340 e. The minimum atomic E-state index is -0.456. The SMILES string of the molecule is CCOC(=O)c1c(C)[nH]c(C(=O)N2CCc3c(nc(N)[nH]c3=O)C2)c1C. The monoisotopic (exact) mass is 359 g/mol. The number of nitrogens with zero attached hydrogens (tertiary/aromatic N) is 2. The first-order valence-electron chi connectivity index (χ1n) is 8.36. The molecule has 0 bridgehead atoms. The Morgan fingerprint density at radius 1 is 1.31 bits per heavy atom. The average Bonchev–Trinajstić information content (AvgIpc) is 2.88. The van der Waals surface area contributed by atoms with Crippen molar-refractivity contribution in [1.29, 1.82) is 0 Å². The third kappa shape index (κ3) is 2.96. The molecule has 0 radical (unpaired) electrons. The van der Waals surface area contributed by atoms with Crippen molar-refractivity contribution >= 4 is 17.8 Å². The van der Waals surface area contributed by atoms with Gasteiger partial charge < -0.3 is 20.4 Å². The van der Waals surface area contributed by atoms with Crippen LogP contribution in [0.3, 0.4) is 0 Å². The van der Waals surface area contributed by atoms with Gasteiger partial charge in [0.2, 0.25) is 5.95 Å². The number of aromatic nitrogens is 3. The number of nitrogens with one attached hydrogen (secondary N) is 2. The van der Waals surface area contributed by atoms with E-state index in [9.17, 15) is 14.4 Å². The standard InChI is InChI=1S/C17H21N5O4/c1-4-26-16(25)12-8(2)13(19-9(12)3)15(24)22-6-5-10-11(7-22)20-17(18)21-14(10)23/h19H,4-7H2,1-3H3,(H3,18,20,21,23). The van der Waals surface area contributed by atoms with Crippen molar-refractivity contribution in [3.63, 3.8) is 0 Å². The molecule has 1 aliphatic rings. The van der Waals surface area contributed by atoms with Gasteiger partial charge in [-0.15, -0.1) is 0 Å². The number of fused-ring (bicyclic) bond motifs is 1. The molecule has 4 N–H and O–H groups in total. The van der Waals surface area contributed by atoms with Crippen LogP contribution in [0.4, 0.5) is 5.95 Å². The van der Waals surface area contributed by atoms with Crippen LogP contribution in [0.5, 0.6) is 0 Å². The van der Waals surface area contributed by atoms with Gasteiger partial charge in [-0.25, -0.2) is 9.78 Å². The van der Waals surface area contributed by atoms with Crippen molar-refractivity contribution in [2.45, 2.75) is 33.7 Å². The zero-order chi connectivity index (χ0) is 19.0. The summed E-state index contributed by atoms with van der Waals surface area (Å²) in [5.74, 6) is -0.685. The number of aromatic amines is 2. The van der Waals surface area contributed by atoms with E-state index >= 15 is 0 Å². The van der Waals surface area contributed by atoms with Gasteiger partial charge in [-0.2, -0.15) is 0 Å². The second kappa shape index (κ2) is 6.66. The number of carbonyl (C=O) groups is 2. The summed E-state index contributed by atoms with van der Waals surface area (Å²) in [6.45, 7) is 6.00. The molecule has 0 fully saturated rings. The molecule has 9 nitrogen and oxygen atoms in total. The lowest BCUT2D eigenvalue weighted by Crippen LogP contribution is -2.39. The van der Waals surface area contributed by atoms with E-state index in [1.807, 2.05) is 0 Å². The number of amides is 1. The molecule has 2 aromatic rings. The van der Waals surface area contributed by atoms with E-state index in [-0.39, 0.29) is 30.6 Å². The molecule has 9 heteroatoms. The van der Waals surface area contributed by atoms with Crippen molar-refractivity contribution in [1.82, 2.24) is 19.9 Å². The number of aryl methyl sites for hydroxylation is 1. The maximum absolute atomic E-state index is 12.9. The van der Waals surface area contributed by atoms with E-state index in [0.29, 0.717) is 46.7 Å². The molecule has 3 heterocycles. The highest BCUT2D eigenvalue weighted by atomic mass is 16.5. The molecular weight excluding hydrogens is 338 g/mol. The Morgan fingerprint density at radius 2 is 2.04 bits per heavy atom. The van der Waals surface area contributed by atoms with Crippen molar-refractivity contribution in [2.24, 2.45) is 0 Å². The van der Waals surface area contributed by atoms with Crippen LogP contribution in [0, 0.1) is 13.8 Å². The van der Waals surface area contributed by atoms with Crippen LogP contribution in [0.1, 0.15) is 50.3 Å². The number of hydrogen-bond acceptors (Lipinski definition) is 6. The van der Waals surface area contributed by atoms with Crippen LogP contribution in [0.25, 0.3) is 0 Å². The van der Waals surface area contributed by atoms with Crippen LogP contribution in [0.15, 0.2) is 4.79 Å². The Labute approximate surface area is 149 Å². The molecular formula is C17H21N5O4. The van der Waals surface area contributed by atoms with Crippen LogP contribution in [-0.4, -0.2) is 44.9 Å². The normalized spacial score (nSPS) is 13.4. The molecule has 0 saturated carbocycles. The molecule has 0 spiro atoms. The summed E-state index contributed by atoms with van der Waals surface area (Å²) >= 11 is 0. The van der Waals surface area contributed by atoms with Crippen molar-refractivity contribution in [2.75, 3.05) is 18.9 Å². The summed E-state index contributed by atoms with van der Waals surface area (Å²) < 4.78 is 5.06. The summed E-state index contributed by atoms with van der Waals surface area (Å²) in [4.78, 5) is 48.2. The van der Waals surface area contributed by atoms with Crippen LogP contribution < -0.4 is 11.3 Å². The van der Waals surface area contributed by atoms with Gasteiger partial charge in [-0.1, -0.05) is 0 Å². The Balaban J connectivity index is 1.90. The topological polar surface area (TPSA) is 134 Å². The molecule has 0 atom stereocenters. The van der Waals surface area contributed by atoms with Gasteiger partial charge in [0, 0.05) is 17.8 Å². The van der Waals surface area contributed by atoms with Crippen LogP contribution in [0.2, 0.25) is 0 Å². The molecule has 26 heavy (non-hydrogen) atoms. The second-order valence-corrected chi connectivity index (χ2v) is 6.20. The number of nitrogen functional groups attached to an aromatic ring is 1. The molecule has 138 valence electrons. The number of carbonyl (C=O) groups excluding carboxylic acids is 2. The average molecular weight is 359 g/mol. The summed E-state index contributed by atoms with van der Waals surface area (Å²) in [5, 5.41) is 0. The van der Waals surface area contributed by atoms with Crippen molar-refractivity contribution in [3.8, 4) is 0 Å². The maximum atomic E-state index is 12.9. The largest absolute Gasteiger partial charge is 0.462 e. The first-order valence-corrected chi connectivity index (χ1v) is 8.36. The third-order valence-electron chi connectivity index (χ3n) is 4.51. The molecule has 0 aromatic carbocycles. The first-order chi connectivity index (χ1) is 12.3. The zero-order valence-electron chi connectivity index (χ0n) is 14.9. The lowest BCUT2D eigenvalue weighted by atomic mass is 10.1. The molecule has 2 aromatic heterocycles. The fourth-order valence-corrected chi connectivity index (χ4v) is 3.26. The summed E-state index contributed by atoms with van der Waals surface area (Å²) in [6, 6.07) is 0. The molecule has 1 aliphatic heterocycles. The number of H-pyrrole nitrogens is 2. The van der Waals surface area contributed by atoms with Crippen LogP contribution >= 0.6 is 0 Å². The Bertz CT molecular complexity index is 943. The fourth-order valence-electron chi connectivity index (χ4n) is 3.26.